The number of ether oxygens (including phenoxy) is 2. The molecule has 0 heterocycles. The van der Waals surface area contributed by atoms with Crippen LogP contribution in [0.4, 0.5) is 0 Å². The number of carbonyl (C=O) groups excluding carboxylic acids is 1. The highest BCUT2D eigenvalue weighted by Crippen LogP contribution is 2.29. The van der Waals surface area contributed by atoms with Crippen molar-refractivity contribution in [3.8, 4) is 17.2 Å². The minimum Gasteiger partial charge on any atom is -0.490 e. The number of halogens is 1. The van der Waals surface area contributed by atoms with Gasteiger partial charge in [0.25, 0.3) is 5.91 Å². The number of rotatable bonds is 11. The molecule has 10 heteroatoms. The first-order valence-corrected chi connectivity index (χ1v) is 13.7. The molecule has 8 nitrogen and oxygen atoms in total. The van der Waals surface area contributed by atoms with Gasteiger partial charge in [-0.1, -0.05) is 41.9 Å². The Kier molecular flexibility index (Phi) is 9.19. The fourth-order valence-corrected chi connectivity index (χ4v) is 4.44. The largest absolute Gasteiger partial charge is 0.490 e. The third-order valence-electron chi connectivity index (χ3n) is 5.31. The van der Waals surface area contributed by atoms with Crippen LogP contribution in [-0.4, -0.2) is 27.1 Å². The van der Waals surface area contributed by atoms with Crippen molar-refractivity contribution in [2.75, 3.05) is 6.61 Å². The van der Waals surface area contributed by atoms with Crippen LogP contribution in [0.2, 0.25) is 5.02 Å². The number of benzene rings is 4. The van der Waals surface area contributed by atoms with Crippen LogP contribution in [0, 0.1) is 0 Å². The van der Waals surface area contributed by atoms with Gasteiger partial charge in [0, 0.05) is 10.6 Å². The molecule has 0 fully saturated rings. The molecule has 4 rings (SSSR count). The summed E-state index contributed by atoms with van der Waals surface area (Å²) in [5, 5.41) is 4.40. The zero-order valence-corrected chi connectivity index (χ0v) is 22.5. The summed E-state index contributed by atoms with van der Waals surface area (Å²) in [6.07, 6.45) is 1.43. The number of nitrogens with zero attached hydrogens (tertiary/aromatic N) is 1. The molecular formula is C29H25ClN2O6S. The van der Waals surface area contributed by atoms with Crippen LogP contribution in [0.5, 0.6) is 17.2 Å². The summed E-state index contributed by atoms with van der Waals surface area (Å²) < 4.78 is 41.5. The number of hydrogen-bond donors (Lipinski definition) is 1. The first kappa shape index (κ1) is 27.7. The molecular weight excluding hydrogens is 540 g/mol. The summed E-state index contributed by atoms with van der Waals surface area (Å²) in [4.78, 5) is 12.6. The van der Waals surface area contributed by atoms with Crippen LogP contribution >= 0.6 is 11.6 Å². The number of hydrazone groups is 1. The summed E-state index contributed by atoms with van der Waals surface area (Å²) in [5.41, 5.74) is 4.45. The Balaban J connectivity index is 1.35. The molecule has 1 N–H and O–H groups in total. The lowest BCUT2D eigenvalue weighted by molar-refractivity contribution is 0.0954. The van der Waals surface area contributed by atoms with Crippen LogP contribution in [0.1, 0.15) is 28.4 Å². The molecule has 200 valence electrons. The molecule has 0 bridgehead atoms. The van der Waals surface area contributed by atoms with E-state index >= 15 is 0 Å². The van der Waals surface area contributed by atoms with E-state index in [0.717, 1.165) is 5.56 Å². The van der Waals surface area contributed by atoms with Crippen molar-refractivity contribution >= 4 is 33.8 Å². The number of hydrogen-bond acceptors (Lipinski definition) is 7. The SMILES string of the molecule is CCOc1cc(C(=O)N/N=C/c2ccc(OS(=O)(=O)c3ccc(Cl)cc3)cc2)ccc1OCc1ccccc1. The molecule has 0 saturated heterocycles. The first-order valence-electron chi connectivity index (χ1n) is 11.9. The fraction of sp³-hybridized carbons (Fsp3) is 0.103. The molecule has 0 unspecified atom stereocenters. The third-order valence-corrected chi connectivity index (χ3v) is 6.82. The lowest BCUT2D eigenvalue weighted by atomic mass is 10.2. The van der Waals surface area contributed by atoms with Crippen molar-refractivity contribution in [1.29, 1.82) is 0 Å². The average Bonchev–Trinajstić information content (AvgIpc) is 2.94. The predicted octanol–water partition coefficient (Wildman–Crippen LogP) is 5.85. The third kappa shape index (κ3) is 7.83. The molecule has 4 aromatic carbocycles. The van der Waals surface area contributed by atoms with E-state index in [1.54, 1.807) is 30.3 Å². The van der Waals surface area contributed by atoms with Gasteiger partial charge in [0.05, 0.1) is 12.8 Å². The van der Waals surface area contributed by atoms with Crippen molar-refractivity contribution in [2.24, 2.45) is 5.10 Å². The van der Waals surface area contributed by atoms with Crippen LogP contribution < -0.4 is 19.1 Å². The van der Waals surface area contributed by atoms with Gasteiger partial charge in [-0.05, 0) is 84.8 Å². The lowest BCUT2D eigenvalue weighted by Crippen LogP contribution is -2.17. The molecule has 0 aliphatic rings. The van der Waals surface area contributed by atoms with Gasteiger partial charge in [0.15, 0.2) is 11.5 Å². The zero-order chi connectivity index (χ0) is 27.7. The number of amides is 1. The quantitative estimate of drug-likeness (QED) is 0.139. The van der Waals surface area contributed by atoms with E-state index in [-0.39, 0.29) is 10.6 Å². The van der Waals surface area contributed by atoms with Gasteiger partial charge in [-0.3, -0.25) is 4.79 Å². The number of carbonyl (C=O) groups is 1. The Bertz CT molecular complexity index is 1540. The van der Waals surface area contributed by atoms with E-state index in [1.807, 2.05) is 37.3 Å². The van der Waals surface area contributed by atoms with Gasteiger partial charge < -0.3 is 13.7 Å². The highest BCUT2D eigenvalue weighted by atomic mass is 35.5. The summed E-state index contributed by atoms with van der Waals surface area (Å²) in [5.74, 6) is 0.676. The topological polar surface area (TPSA) is 103 Å². The maximum atomic E-state index is 12.6. The Morgan fingerprint density at radius 3 is 2.31 bits per heavy atom. The van der Waals surface area contributed by atoms with Gasteiger partial charge in [0.2, 0.25) is 0 Å². The van der Waals surface area contributed by atoms with E-state index in [0.29, 0.717) is 40.9 Å². The van der Waals surface area contributed by atoms with Crippen LogP contribution in [0.3, 0.4) is 0 Å². The predicted molar refractivity (Wildman–Crippen MR) is 149 cm³/mol. The summed E-state index contributed by atoms with van der Waals surface area (Å²) in [7, 11) is -4.00. The van der Waals surface area contributed by atoms with Crippen LogP contribution in [0.15, 0.2) is 107 Å². The van der Waals surface area contributed by atoms with Crippen molar-refractivity contribution < 1.29 is 26.9 Å². The Hall–Kier alpha value is -4.34. The van der Waals surface area contributed by atoms with Crippen molar-refractivity contribution in [2.45, 2.75) is 18.4 Å². The maximum absolute atomic E-state index is 12.6. The van der Waals surface area contributed by atoms with Crippen molar-refractivity contribution in [3.05, 3.63) is 119 Å². The van der Waals surface area contributed by atoms with E-state index in [9.17, 15) is 13.2 Å². The van der Waals surface area contributed by atoms with E-state index in [4.69, 9.17) is 25.3 Å². The standard InChI is InChI=1S/C29H25ClN2O6S/c1-2-36-28-18-23(10-17-27(28)37-20-22-6-4-3-5-7-22)29(33)32-31-19-21-8-13-25(14-9-21)38-39(34,35)26-15-11-24(30)12-16-26/h3-19H,2,20H2,1H3,(H,32,33)/b31-19+. The van der Waals surface area contributed by atoms with Gasteiger partial charge in [-0.15, -0.1) is 0 Å². The second-order valence-corrected chi connectivity index (χ2v) is 10.1. The first-order chi connectivity index (χ1) is 18.8. The summed E-state index contributed by atoms with van der Waals surface area (Å²) >= 11 is 5.81. The van der Waals surface area contributed by atoms with Crippen LogP contribution in [0.25, 0.3) is 0 Å². The van der Waals surface area contributed by atoms with Crippen molar-refractivity contribution in [3.63, 3.8) is 0 Å². The molecule has 4 aromatic rings. The Labute approximate surface area is 231 Å². The van der Waals surface area contributed by atoms with E-state index < -0.39 is 16.0 Å². The maximum Gasteiger partial charge on any atom is 0.339 e. The zero-order valence-electron chi connectivity index (χ0n) is 20.9. The molecule has 39 heavy (non-hydrogen) atoms. The normalized spacial score (nSPS) is 11.2. The Morgan fingerprint density at radius 2 is 1.62 bits per heavy atom. The highest BCUT2D eigenvalue weighted by Gasteiger charge is 2.16. The lowest BCUT2D eigenvalue weighted by Gasteiger charge is -2.13. The van der Waals surface area contributed by atoms with Crippen LogP contribution in [-0.2, 0) is 16.7 Å². The van der Waals surface area contributed by atoms with Crippen molar-refractivity contribution in [1.82, 2.24) is 5.43 Å². The smallest absolute Gasteiger partial charge is 0.339 e. The van der Waals surface area contributed by atoms with E-state index in [2.05, 4.69) is 10.5 Å². The molecule has 1 amide bonds. The van der Waals surface area contributed by atoms with Gasteiger partial charge >= 0.3 is 10.1 Å². The van der Waals surface area contributed by atoms with E-state index in [1.165, 1.54) is 42.6 Å². The highest BCUT2D eigenvalue weighted by molar-refractivity contribution is 7.87. The molecule has 0 saturated carbocycles. The Morgan fingerprint density at radius 1 is 0.897 bits per heavy atom. The summed E-state index contributed by atoms with van der Waals surface area (Å²) in [6, 6.07) is 26.5. The molecule has 0 aromatic heterocycles. The van der Waals surface area contributed by atoms with Gasteiger partial charge in [0.1, 0.15) is 17.3 Å². The molecule has 0 aliphatic heterocycles. The monoisotopic (exact) mass is 564 g/mol. The minimum atomic E-state index is -4.00. The molecule has 0 atom stereocenters. The average molecular weight is 565 g/mol. The fourth-order valence-electron chi connectivity index (χ4n) is 3.39. The molecule has 0 aliphatic carbocycles. The number of nitrogens with one attached hydrogen (secondary N) is 1. The molecule has 0 spiro atoms. The molecule has 0 radical (unpaired) electrons. The second-order valence-electron chi connectivity index (χ2n) is 8.13. The van der Waals surface area contributed by atoms with Gasteiger partial charge in [-0.25, -0.2) is 5.43 Å². The van der Waals surface area contributed by atoms with Gasteiger partial charge in [-0.2, -0.15) is 13.5 Å². The minimum absolute atomic E-state index is 0.0106. The summed E-state index contributed by atoms with van der Waals surface area (Å²) in [6.45, 7) is 2.63. The second kappa shape index (κ2) is 12.9.